The van der Waals surface area contributed by atoms with E-state index in [4.69, 9.17) is 8.83 Å². The standard InChI is InChI=1S/C27H34N2O5S/c1-4-5-6-9-19(30)16-35-17-25-22(12-13-33-25)28-27(32)23(14-18(2)3)29-26(31)21-15-34-24-11-8-7-10-20(21)24/h7-8,10-13,15,18,23H,4-6,9,14,16-17H2,1-3H3,(H,28,32)(H,29,31). The highest BCUT2D eigenvalue weighted by Gasteiger charge is 2.25. The van der Waals surface area contributed by atoms with Crippen LogP contribution in [-0.4, -0.2) is 29.4 Å². The molecule has 1 atom stereocenters. The first-order valence-electron chi connectivity index (χ1n) is 12.1. The molecule has 3 aromatic rings. The first-order chi connectivity index (χ1) is 16.9. The number of Topliss-reactive ketones (excluding diaryl/α,β-unsaturated/α-hetero) is 1. The van der Waals surface area contributed by atoms with Gasteiger partial charge >= 0.3 is 0 Å². The van der Waals surface area contributed by atoms with Crippen molar-refractivity contribution in [3.05, 3.63) is 54.2 Å². The molecule has 0 fully saturated rings. The maximum absolute atomic E-state index is 13.1. The van der Waals surface area contributed by atoms with Gasteiger partial charge in [0.05, 0.1) is 29.0 Å². The van der Waals surface area contributed by atoms with E-state index in [-0.39, 0.29) is 23.5 Å². The summed E-state index contributed by atoms with van der Waals surface area (Å²) in [6.07, 6.45) is 7.09. The van der Waals surface area contributed by atoms with Crippen LogP contribution in [0.15, 0.2) is 51.7 Å². The summed E-state index contributed by atoms with van der Waals surface area (Å²) >= 11 is 1.47. The highest BCUT2D eigenvalue weighted by atomic mass is 32.2. The number of hydrogen-bond acceptors (Lipinski definition) is 6. The van der Waals surface area contributed by atoms with Crippen molar-refractivity contribution >= 4 is 46.0 Å². The van der Waals surface area contributed by atoms with Crippen molar-refractivity contribution in [1.82, 2.24) is 5.32 Å². The van der Waals surface area contributed by atoms with Crippen LogP contribution in [0.25, 0.3) is 11.0 Å². The molecule has 0 aliphatic heterocycles. The molecule has 0 bridgehead atoms. The SMILES string of the molecule is CCCCCC(=O)CSCc1occc1NC(=O)C(CC(C)C)NC(=O)c1coc2ccccc12. The van der Waals surface area contributed by atoms with Gasteiger partial charge in [-0.15, -0.1) is 11.8 Å². The second-order valence-corrected chi connectivity index (χ2v) is 10.0. The fraction of sp³-hybridized carbons (Fsp3) is 0.444. The molecule has 8 heteroatoms. The lowest BCUT2D eigenvalue weighted by atomic mass is 10.0. The molecular formula is C27H34N2O5S. The summed E-state index contributed by atoms with van der Waals surface area (Å²) in [4.78, 5) is 38.1. The number of thioether (sulfide) groups is 1. The van der Waals surface area contributed by atoms with E-state index in [1.54, 1.807) is 12.1 Å². The number of fused-ring (bicyclic) bond motifs is 1. The van der Waals surface area contributed by atoms with Crippen molar-refractivity contribution in [2.45, 2.75) is 64.7 Å². The first-order valence-corrected chi connectivity index (χ1v) is 13.3. The average molecular weight is 499 g/mol. The lowest BCUT2D eigenvalue weighted by Crippen LogP contribution is -2.44. The summed E-state index contributed by atoms with van der Waals surface area (Å²) in [5, 5.41) is 6.46. The molecular weight excluding hydrogens is 464 g/mol. The summed E-state index contributed by atoms with van der Waals surface area (Å²) < 4.78 is 11.0. The van der Waals surface area contributed by atoms with Crippen LogP contribution in [-0.2, 0) is 15.3 Å². The molecule has 0 aliphatic rings. The Morgan fingerprint density at radius 3 is 2.63 bits per heavy atom. The Hall–Kier alpha value is -3.00. The van der Waals surface area contributed by atoms with Crippen LogP contribution in [0.2, 0.25) is 0 Å². The molecule has 2 heterocycles. The number of carbonyl (C=O) groups excluding carboxylic acids is 3. The molecule has 0 spiro atoms. The minimum absolute atomic E-state index is 0.185. The number of carbonyl (C=O) groups is 3. The van der Waals surface area contributed by atoms with E-state index in [1.807, 2.05) is 32.0 Å². The molecule has 0 saturated heterocycles. The van der Waals surface area contributed by atoms with Gasteiger partial charge in [0, 0.05) is 17.9 Å². The predicted octanol–water partition coefficient (Wildman–Crippen LogP) is 6.19. The summed E-state index contributed by atoms with van der Waals surface area (Å²) in [6.45, 7) is 6.11. The van der Waals surface area contributed by atoms with Crippen molar-refractivity contribution in [2.24, 2.45) is 5.92 Å². The van der Waals surface area contributed by atoms with E-state index >= 15 is 0 Å². The fourth-order valence-corrected chi connectivity index (χ4v) is 4.66. The molecule has 2 N–H and O–H groups in total. The van der Waals surface area contributed by atoms with Crippen molar-refractivity contribution in [2.75, 3.05) is 11.1 Å². The van der Waals surface area contributed by atoms with E-state index in [0.717, 1.165) is 19.3 Å². The Labute approximate surface area is 210 Å². The number of furan rings is 2. The van der Waals surface area contributed by atoms with Crippen LogP contribution in [0.5, 0.6) is 0 Å². The van der Waals surface area contributed by atoms with Gasteiger partial charge in [0.1, 0.15) is 29.4 Å². The third kappa shape index (κ3) is 7.75. The second-order valence-electron chi connectivity index (χ2n) is 9.04. The van der Waals surface area contributed by atoms with E-state index in [9.17, 15) is 14.4 Å². The molecule has 3 rings (SSSR count). The van der Waals surface area contributed by atoms with Gasteiger partial charge < -0.3 is 19.5 Å². The van der Waals surface area contributed by atoms with E-state index < -0.39 is 6.04 Å². The van der Waals surface area contributed by atoms with Crippen molar-refractivity contribution < 1.29 is 23.2 Å². The van der Waals surface area contributed by atoms with Gasteiger partial charge in [-0.2, -0.15) is 0 Å². The highest BCUT2D eigenvalue weighted by molar-refractivity contribution is 7.99. The van der Waals surface area contributed by atoms with Crippen LogP contribution in [0.1, 0.15) is 69.0 Å². The molecule has 0 radical (unpaired) electrons. The minimum Gasteiger partial charge on any atom is -0.466 e. The van der Waals surface area contributed by atoms with Gasteiger partial charge in [0.2, 0.25) is 5.91 Å². The molecule has 188 valence electrons. The van der Waals surface area contributed by atoms with Crippen molar-refractivity contribution in [1.29, 1.82) is 0 Å². The highest BCUT2D eigenvalue weighted by Crippen LogP contribution is 2.24. The Bertz CT molecular complexity index is 1130. The molecule has 0 saturated carbocycles. The fourth-order valence-electron chi connectivity index (χ4n) is 3.78. The normalized spacial score (nSPS) is 12.1. The largest absolute Gasteiger partial charge is 0.466 e. The number of benzene rings is 1. The molecule has 2 aromatic heterocycles. The molecule has 1 aromatic carbocycles. The number of nitrogens with one attached hydrogen (secondary N) is 2. The maximum Gasteiger partial charge on any atom is 0.255 e. The molecule has 7 nitrogen and oxygen atoms in total. The molecule has 1 unspecified atom stereocenters. The lowest BCUT2D eigenvalue weighted by Gasteiger charge is -2.20. The monoisotopic (exact) mass is 498 g/mol. The Kier molecular flexibility index (Phi) is 10.0. The van der Waals surface area contributed by atoms with E-state index in [1.165, 1.54) is 24.3 Å². The summed E-state index contributed by atoms with van der Waals surface area (Å²) in [5.74, 6) is 1.23. The average Bonchev–Trinajstić information content (AvgIpc) is 3.45. The summed E-state index contributed by atoms with van der Waals surface area (Å²) in [7, 11) is 0. The van der Waals surface area contributed by atoms with E-state index in [2.05, 4.69) is 17.6 Å². The molecule has 35 heavy (non-hydrogen) atoms. The Morgan fingerprint density at radius 2 is 1.86 bits per heavy atom. The molecule has 0 aliphatic carbocycles. The smallest absolute Gasteiger partial charge is 0.255 e. The number of para-hydroxylation sites is 1. The van der Waals surface area contributed by atoms with Crippen molar-refractivity contribution in [3.63, 3.8) is 0 Å². The van der Waals surface area contributed by atoms with Crippen molar-refractivity contribution in [3.8, 4) is 0 Å². The number of unbranched alkanes of at least 4 members (excludes halogenated alkanes) is 2. The summed E-state index contributed by atoms with van der Waals surface area (Å²) in [5.41, 5.74) is 1.57. The van der Waals surface area contributed by atoms with Gasteiger partial charge in [0.25, 0.3) is 5.91 Å². The number of rotatable bonds is 14. The van der Waals surface area contributed by atoms with Gasteiger partial charge in [0.15, 0.2) is 0 Å². The van der Waals surface area contributed by atoms with E-state index in [0.29, 0.717) is 52.3 Å². The maximum atomic E-state index is 13.1. The third-order valence-corrected chi connectivity index (χ3v) is 6.61. The number of amides is 2. The topological polar surface area (TPSA) is 102 Å². The Balaban J connectivity index is 1.60. The van der Waals surface area contributed by atoms with Gasteiger partial charge in [-0.05, 0) is 24.8 Å². The van der Waals surface area contributed by atoms with Gasteiger partial charge in [-0.3, -0.25) is 14.4 Å². The zero-order chi connectivity index (χ0) is 25.2. The van der Waals surface area contributed by atoms with Gasteiger partial charge in [-0.1, -0.05) is 51.8 Å². The van der Waals surface area contributed by atoms with Gasteiger partial charge in [-0.25, -0.2) is 0 Å². The zero-order valence-electron chi connectivity index (χ0n) is 20.6. The van der Waals surface area contributed by atoms with Crippen LogP contribution in [0.3, 0.4) is 0 Å². The first kappa shape index (κ1) is 26.6. The van der Waals surface area contributed by atoms with Crippen LogP contribution >= 0.6 is 11.8 Å². The van der Waals surface area contributed by atoms with Crippen LogP contribution in [0, 0.1) is 5.92 Å². The summed E-state index contributed by atoms with van der Waals surface area (Å²) in [6, 6.07) is 8.24. The quantitative estimate of drug-likeness (QED) is 0.257. The minimum atomic E-state index is -0.730. The van der Waals surface area contributed by atoms with Crippen LogP contribution < -0.4 is 10.6 Å². The predicted molar refractivity (Wildman–Crippen MR) is 140 cm³/mol. The van der Waals surface area contributed by atoms with Crippen LogP contribution in [0.4, 0.5) is 5.69 Å². The number of hydrogen-bond donors (Lipinski definition) is 2. The lowest BCUT2D eigenvalue weighted by molar-refractivity contribution is -0.118. The number of anilines is 1. The number of ketones is 1. The molecule has 2 amide bonds. The zero-order valence-corrected chi connectivity index (χ0v) is 21.4. The third-order valence-electron chi connectivity index (χ3n) is 5.61. The second kappa shape index (κ2) is 13.2. The Morgan fingerprint density at radius 1 is 1.06 bits per heavy atom.